The molecule has 0 aliphatic carbocycles. The predicted molar refractivity (Wildman–Crippen MR) is 81.6 cm³/mol. The molecule has 0 atom stereocenters. The zero-order valence-corrected chi connectivity index (χ0v) is 13.2. The van der Waals surface area contributed by atoms with Gasteiger partial charge in [-0.25, -0.2) is 0 Å². The van der Waals surface area contributed by atoms with Gasteiger partial charge in [-0.15, -0.1) is 12.4 Å². The molecule has 1 aromatic carbocycles. The number of hydrogen-bond acceptors (Lipinski definition) is 2. The summed E-state index contributed by atoms with van der Waals surface area (Å²) in [7, 11) is 0. The Bertz CT molecular complexity index is 385. The Labute approximate surface area is 123 Å². The van der Waals surface area contributed by atoms with Crippen molar-refractivity contribution >= 4 is 34.2 Å². The van der Waals surface area contributed by atoms with Gasteiger partial charge in [-0.1, -0.05) is 22.9 Å². The van der Waals surface area contributed by atoms with Crippen molar-refractivity contribution in [3.63, 3.8) is 0 Å². The van der Waals surface area contributed by atoms with Crippen LogP contribution in [0.2, 0.25) is 0 Å². The Morgan fingerprint density at radius 1 is 1.28 bits per heavy atom. The maximum Gasteiger partial charge on any atom is 0.251 e. The van der Waals surface area contributed by atoms with Crippen molar-refractivity contribution in [3.05, 3.63) is 33.8 Å². The molecule has 1 amide bonds. The number of nitrogens with one attached hydrogen (secondary N) is 2. The van der Waals surface area contributed by atoms with E-state index in [-0.39, 0.29) is 18.3 Å². The van der Waals surface area contributed by atoms with E-state index in [9.17, 15) is 4.79 Å². The first-order valence-electron chi connectivity index (χ1n) is 5.90. The van der Waals surface area contributed by atoms with Gasteiger partial charge in [0.15, 0.2) is 0 Å². The van der Waals surface area contributed by atoms with Gasteiger partial charge in [-0.2, -0.15) is 0 Å². The minimum absolute atomic E-state index is 0. The molecule has 0 radical (unpaired) electrons. The van der Waals surface area contributed by atoms with Gasteiger partial charge in [0.25, 0.3) is 5.91 Å². The van der Waals surface area contributed by atoms with Gasteiger partial charge >= 0.3 is 0 Å². The SMILES string of the molecule is CCCNCCNC(=O)c1ccc(Br)cc1C.Cl. The number of aryl methyl sites for hydroxylation is 1. The maximum atomic E-state index is 11.9. The molecular formula is C13H20BrClN2O. The van der Waals surface area contributed by atoms with Crippen LogP contribution < -0.4 is 10.6 Å². The van der Waals surface area contributed by atoms with Crippen molar-refractivity contribution in [2.75, 3.05) is 19.6 Å². The minimum Gasteiger partial charge on any atom is -0.351 e. The highest BCUT2D eigenvalue weighted by Crippen LogP contribution is 2.15. The van der Waals surface area contributed by atoms with Crippen LogP contribution in [0.5, 0.6) is 0 Å². The molecule has 0 spiro atoms. The molecule has 1 aromatic rings. The second kappa shape index (κ2) is 9.36. The van der Waals surface area contributed by atoms with Crippen LogP contribution in [0.3, 0.4) is 0 Å². The molecule has 0 saturated carbocycles. The third-order valence-electron chi connectivity index (χ3n) is 2.45. The molecule has 5 heteroatoms. The molecule has 0 aromatic heterocycles. The molecule has 0 aliphatic rings. The average Bonchev–Trinajstić information content (AvgIpc) is 2.28. The van der Waals surface area contributed by atoms with Crippen molar-refractivity contribution in [2.45, 2.75) is 20.3 Å². The number of rotatable bonds is 6. The van der Waals surface area contributed by atoms with Crippen molar-refractivity contribution in [2.24, 2.45) is 0 Å². The Morgan fingerprint density at radius 2 is 2.00 bits per heavy atom. The van der Waals surface area contributed by atoms with Gasteiger partial charge in [-0.05, 0) is 43.7 Å². The molecule has 0 bridgehead atoms. The average molecular weight is 336 g/mol. The maximum absolute atomic E-state index is 11.9. The van der Waals surface area contributed by atoms with Crippen molar-refractivity contribution in [1.82, 2.24) is 10.6 Å². The van der Waals surface area contributed by atoms with E-state index in [0.29, 0.717) is 6.54 Å². The normalized spacial score (nSPS) is 9.72. The Balaban J connectivity index is 0.00000289. The quantitative estimate of drug-likeness (QED) is 0.785. The first-order valence-corrected chi connectivity index (χ1v) is 6.69. The van der Waals surface area contributed by atoms with E-state index in [1.54, 1.807) is 0 Å². The Morgan fingerprint density at radius 3 is 2.61 bits per heavy atom. The van der Waals surface area contributed by atoms with E-state index in [4.69, 9.17) is 0 Å². The van der Waals surface area contributed by atoms with Gasteiger partial charge in [0.1, 0.15) is 0 Å². The number of benzene rings is 1. The van der Waals surface area contributed by atoms with Gasteiger partial charge in [0.05, 0.1) is 0 Å². The van der Waals surface area contributed by atoms with Crippen molar-refractivity contribution in [3.8, 4) is 0 Å². The topological polar surface area (TPSA) is 41.1 Å². The summed E-state index contributed by atoms with van der Waals surface area (Å²) >= 11 is 3.38. The summed E-state index contributed by atoms with van der Waals surface area (Å²) in [6, 6.07) is 5.68. The van der Waals surface area contributed by atoms with Crippen LogP contribution in [-0.4, -0.2) is 25.5 Å². The molecule has 0 heterocycles. The van der Waals surface area contributed by atoms with Gasteiger partial charge in [0.2, 0.25) is 0 Å². The van der Waals surface area contributed by atoms with Crippen LogP contribution in [-0.2, 0) is 0 Å². The Hall–Kier alpha value is -0.580. The second-order valence-electron chi connectivity index (χ2n) is 3.97. The van der Waals surface area contributed by atoms with E-state index in [0.717, 1.165) is 35.1 Å². The number of carbonyl (C=O) groups is 1. The van der Waals surface area contributed by atoms with E-state index in [1.807, 2.05) is 25.1 Å². The molecule has 18 heavy (non-hydrogen) atoms. The molecular weight excluding hydrogens is 316 g/mol. The number of hydrogen-bond donors (Lipinski definition) is 2. The number of halogens is 2. The summed E-state index contributed by atoms with van der Waals surface area (Å²) < 4.78 is 0.996. The fourth-order valence-corrected chi connectivity index (χ4v) is 2.02. The summed E-state index contributed by atoms with van der Waals surface area (Å²) in [5, 5.41) is 6.14. The summed E-state index contributed by atoms with van der Waals surface area (Å²) in [6.07, 6.45) is 1.11. The Kier molecular flexibility index (Phi) is 9.06. The lowest BCUT2D eigenvalue weighted by Crippen LogP contribution is -2.32. The van der Waals surface area contributed by atoms with E-state index < -0.39 is 0 Å². The highest BCUT2D eigenvalue weighted by atomic mass is 79.9. The van der Waals surface area contributed by atoms with Gasteiger partial charge in [-0.3, -0.25) is 4.79 Å². The zero-order chi connectivity index (χ0) is 12.7. The van der Waals surface area contributed by atoms with Crippen LogP contribution in [0.1, 0.15) is 29.3 Å². The van der Waals surface area contributed by atoms with Gasteiger partial charge < -0.3 is 10.6 Å². The molecule has 0 fully saturated rings. The second-order valence-corrected chi connectivity index (χ2v) is 4.88. The molecule has 0 unspecified atom stereocenters. The van der Waals surface area contributed by atoms with E-state index in [1.165, 1.54) is 0 Å². The van der Waals surface area contributed by atoms with Crippen LogP contribution in [0.25, 0.3) is 0 Å². The van der Waals surface area contributed by atoms with E-state index >= 15 is 0 Å². The fraction of sp³-hybridized carbons (Fsp3) is 0.462. The summed E-state index contributed by atoms with van der Waals surface area (Å²) in [5.74, 6) is -0.00621. The fourth-order valence-electron chi connectivity index (χ4n) is 1.54. The lowest BCUT2D eigenvalue weighted by Gasteiger charge is -2.08. The molecule has 0 aliphatic heterocycles. The van der Waals surface area contributed by atoms with Crippen LogP contribution in [0.15, 0.2) is 22.7 Å². The molecule has 1 rings (SSSR count). The smallest absolute Gasteiger partial charge is 0.251 e. The zero-order valence-electron chi connectivity index (χ0n) is 10.8. The van der Waals surface area contributed by atoms with Crippen LogP contribution in [0.4, 0.5) is 0 Å². The van der Waals surface area contributed by atoms with Crippen molar-refractivity contribution < 1.29 is 4.79 Å². The largest absolute Gasteiger partial charge is 0.351 e. The summed E-state index contributed by atoms with van der Waals surface area (Å²) in [4.78, 5) is 11.9. The number of carbonyl (C=O) groups excluding carboxylic acids is 1. The lowest BCUT2D eigenvalue weighted by molar-refractivity contribution is 0.0953. The third-order valence-corrected chi connectivity index (χ3v) is 2.94. The molecule has 2 N–H and O–H groups in total. The monoisotopic (exact) mass is 334 g/mol. The standard InChI is InChI=1S/C13H19BrN2O.ClH/c1-3-6-15-7-8-16-13(17)12-5-4-11(14)9-10(12)2;/h4-5,9,15H,3,6-8H2,1-2H3,(H,16,17);1H. The molecule has 3 nitrogen and oxygen atoms in total. The van der Waals surface area contributed by atoms with Crippen LogP contribution >= 0.6 is 28.3 Å². The van der Waals surface area contributed by atoms with Crippen molar-refractivity contribution in [1.29, 1.82) is 0 Å². The minimum atomic E-state index is -0.00621. The highest BCUT2D eigenvalue weighted by molar-refractivity contribution is 9.10. The highest BCUT2D eigenvalue weighted by Gasteiger charge is 2.07. The summed E-state index contributed by atoms with van der Waals surface area (Å²) in [5.41, 5.74) is 1.72. The molecule has 102 valence electrons. The third kappa shape index (κ3) is 5.85. The lowest BCUT2D eigenvalue weighted by atomic mass is 10.1. The van der Waals surface area contributed by atoms with E-state index in [2.05, 4.69) is 33.5 Å². The van der Waals surface area contributed by atoms with Gasteiger partial charge in [0, 0.05) is 23.1 Å². The first kappa shape index (κ1) is 17.4. The molecule has 0 saturated heterocycles. The first-order chi connectivity index (χ1) is 8.15. The summed E-state index contributed by atoms with van der Waals surface area (Å²) in [6.45, 7) is 6.53. The van der Waals surface area contributed by atoms with Crippen LogP contribution in [0, 0.1) is 6.92 Å². The number of amides is 1. The predicted octanol–water partition coefficient (Wildman–Crippen LogP) is 2.91.